The van der Waals surface area contributed by atoms with E-state index in [0.29, 0.717) is 17.8 Å². The number of nitrogen functional groups attached to an aromatic ring is 1. The van der Waals surface area contributed by atoms with E-state index in [1.165, 1.54) is 12.3 Å². The highest BCUT2D eigenvalue weighted by Crippen LogP contribution is 2.36. The Labute approximate surface area is 187 Å². The zero-order chi connectivity index (χ0) is 23.0. The summed E-state index contributed by atoms with van der Waals surface area (Å²) in [5, 5.41) is 7.07. The molecule has 3 aromatic rings. The molecule has 11 heteroatoms. The van der Waals surface area contributed by atoms with Crippen molar-refractivity contribution >= 4 is 27.9 Å². The monoisotopic (exact) mass is 462 g/mol. The third kappa shape index (κ3) is 4.36. The maximum atomic E-state index is 14.1. The van der Waals surface area contributed by atoms with E-state index in [9.17, 15) is 13.6 Å². The molecule has 1 amide bonds. The summed E-state index contributed by atoms with van der Waals surface area (Å²) in [6.45, 7) is 1.96. The first-order valence-corrected chi connectivity index (χ1v) is 11.0. The summed E-state index contributed by atoms with van der Waals surface area (Å²) in [5.74, 6) is -2.16. The van der Waals surface area contributed by atoms with Crippen LogP contribution < -0.4 is 16.8 Å². The highest BCUT2D eigenvalue weighted by molar-refractivity contribution is 7.19. The van der Waals surface area contributed by atoms with Crippen molar-refractivity contribution in [2.45, 2.75) is 44.4 Å². The van der Waals surface area contributed by atoms with Crippen LogP contribution in [0.15, 0.2) is 24.4 Å². The van der Waals surface area contributed by atoms with Gasteiger partial charge in [-0.3, -0.25) is 9.48 Å². The van der Waals surface area contributed by atoms with Crippen molar-refractivity contribution in [3.63, 3.8) is 0 Å². The van der Waals surface area contributed by atoms with Gasteiger partial charge in [0.1, 0.15) is 27.7 Å². The van der Waals surface area contributed by atoms with E-state index in [0.717, 1.165) is 36.3 Å². The fourth-order valence-corrected chi connectivity index (χ4v) is 4.80. The first-order chi connectivity index (χ1) is 15.2. The highest BCUT2D eigenvalue weighted by Gasteiger charge is 2.29. The first kappa shape index (κ1) is 22.3. The maximum Gasteiger partial charge on any atom is 0.277 e. The average molecular weight is 463 g/mol. The van der Waals surface area contributed by atoms with Crippen molar-refractivity contribution in [2.24, 2.45) is 12.8 Å². The summed E-state index contributed by atoms with van der Waals surface area (Å²) < 4.78 is 36.0. The van der Waals surface area contributed by atoms with Crippen molar-refractivity contribution in [2.75, 3.05) is 11.1 Å². The van der Waals surface area contributed by atoms with Crippen molar-refractivity contribution in [3.8, 4) is 10.6 Å². The third-order valence-corrected chi connectivity index (χ3v) is 6.32. The Kier molecular flexibility index (Phi) is 6.22. The molecule has 4 rings (SSSR count). The molecule has 8 nitrogen and oxygen atoms in total. The molecule has 3 atom stereocenters. The van der Waals surface area contributed by atoms with Gasteiger partial charge in [0.05, 0.1) is 29.2 Å². The van der Waals surface area contributed by atoms with Crippen LogP contribution in [0, 0.1) is 11.6 Å². The van der Waals surface area contributed by atoms with Gasteiger partial charge in [0.2, 0.25) is 0 Å². The number of rotatable bonds is 4. The Morgan fingerprint density at radius 1 is 1.31 bits per heavy atom. The van der Waals surface area contributed by atoms with Gasteiger partial charge in [0, 0.05) is 13.1 Å². The topological polar surface area (TPSA) is 121 Å². The summed E-state index contributed by atoms with van der Waals surface area (Å²) >= 11 is 0.842. The van der Waals surface area contributed by atoms with Crippen LogP contribution in [-0.4, -0.2) is 32.8 Å². The molecule has 32 heavy (non-hydrogen) atoms. The zero-order valence-electron chi connectivity index (χ0n) is 17.6. The number of aromatic nitrogens is 3. The van der Waals surface area contributed by atoms with Crippen LogP contribution in [0.5, 0.6) is 0 Å². The minimum absolute atomic E-state index is 0.00965. The molecule has 0 bridgehead atoms. The van der Waals surface area contributed by atoms with Crippen LogP contribution in [0.3, 0.4) is 0 Å². The van der Waals surface area contributed by atoms with Gasteiger partial charge in [-0.05, 0) is 38.3 Å². The lowest BCUT2D eigenvalue weighted by molar-refractivity contribution is -0.00360. The molecule has 1 aliphatic rings. The minimum atomic E-state index is -0.780. The van der Waals surface area contributed by atoms with Crippen molar-refractivity contribution in [1.29, 1.82) is 0 Å². The molecule has 0 unspecified atom stereocenters. The molecule has 0 aliphatic carbocycles. The number of hydrogen-bond acceptors (Lipinski definition) is 7. The van der Waals surface area contributed by atoms with Gasteiger partial charge < -0.3 is 21.5 Å². The molecular weight excluding hydrogens is 438 g/mol. The van der Waals surface area contributed by atoms with E-state index in [1.807, 2.05) is 6.92 Å². The van der Waals surface area contributed by atoms with E-state index in [-0.39, 0.29) is 39.5 Å². The van der Waals surface area contributed by atoms with Gasteiger partial charge in [-0.1, -0.05) is 17.4 Å². The Bertz CT molecular complexity index is 1130. The molecule has 5 N–H and O–H groups in total. The van der Waals surface area contributed by atoms with Crippen LogP contribution >= 0.6 is 11.3 Å². The number of anilines is 2. The van der Waals surface area contributed by atoms with Gasteiger partial charge in [-0.25, -0.2) is 13.8 Å². The van der Waals surface area contributed by atoms with Crippen molar-refractivity contribution < 1.29 is 18.3 Å². The van der Waals surface area contributed by atoms with Gasteiger partial charge in [0.25, 0.3) is 5.91 Å². The van der Waals surface area contributed by atoms with Gasteiger partial charge >= 0.3 is 0 Å². The normalized spacial score (nSPS) is 21.3. The molecule has 1 aromatic carbocycles. The third-order valence-electron chi connectivity index (χ3n) is 5.41. The van der Waals surface area contributed by atoms with E-state index >= 15 is 0 Å². The fraction of sp³-hybridized carbons (Fsp3) is 0.381. The molecule has 1 aliphatic heterocycles. The number of nitrogens with two attached hydrogens (primary N) is 2. The lowest BCUT2D eigenvalue weighted by Crippen LogP contribution is -2.23. The Hall–Kier alpha value is -2.89. The molecular formula is C21H24F2N6O2S. The standard InChI is InChI=1S/C21H24F2N6O2S/c1-10-8-11(24)6-7-15(31-10)18-14(9-26-29(18)2)27-20(30)17-19(25)32-21(28-17)16-12(22)4-3-5-13(16)23/h3-5,9-11,15H,6-8,24-25H2,1-2H3,(H,27,30)/t10-,11-,15-/m1/s1. The van der Waals surface area contributed by atoms with Gasteiger partial charge in [-0.15, -0.1) is 0 Å². The molecule has 2 aromatic heterocycles. The van der Waals surface area contributed by atoms with Crippen LogP contribution in [0.4, 0.5) is 19.5 Å². The van der Waals surface area contributed by atoms with E-state index in [1.54, 1.807) is 11.7 Å². The number of thiazole rings is 1. The van der Waals surface area contributed by atoms with Crippen molar-refractivity contribution in [3.05, 3.63) is 47.4 Å². The second-order valence-electron chi connectivity index (χ2n) is 7.86. The van der Waals surface area contributed by atoms with Gasteiger partial charge in [0.15, 0.2) is 5.69 Å². The largest absolute Gasteiger partial charge is 0.389 e. The van der Waals surface area contributed by atoms with Crippen LogP contribution in [0.25, 0.3) is 10.6 Å². The maximum absolute atomic E-state index is 14.1. The summed E-state index contributed by atoms with van der Waals surface area (Å²) in [4.78, 5) is 17.1. The second-order valence-corrected chi connectivity index (χ2v) is 8.89. The lowest BCUT2D eigenvalue weighted by atomic mass is 10.0. The molecule has 3 heterocycles. The number of ether oxygens (including phenoxy) is 1. The highest BCUT2D eigenvalue weighted by atomic mass is 32.1. The number of aryl methyl sites for hydroxylation is 1. The summed E-state index contributed by atoms with van der Waals surface area (Å²) in [7, 11) is 1.76. The van der Waals surface area contributed by atoms with E-state index in [4.69, 9.17) is 16.2 Å². The number of nitrogens with one attached hydrogen (secondary N) is 1. The molecule has 1 fully saturated rings. The quantitative estimate of drug-likeness (QED) is 0.545. The van der Waals surface area contributed by atoms with Crippen molar-refractivity contribution in [1.82, 2.24) is 14.8 Å². The van der Waals surface area contributed by atoms with E-state index in [2.05, 4.69) is 15.4 Å². The summed E-state index contributed by atoms with van der Waals surface area (Å²) in [5.41, 5.74) is 12.8. The molecule has 1 saturated heterocycles. The number of amides is 1. The van der Waals surface area contributed by atoms with Gasteiger partial charge in [-0.2, -0.15) is 5.10 Å². The van der Waals surface area contributed by atoms with Crippen LogP contribution in [-0.2, 0) is 11.8 Å². The summed E-state index contributed by atoms with van der Waals surface area (Å²) in [6, 6.07) is 3.55. The van der Waals surface area contributed by atoms with Crippen LogP contribution in [0.2, 0.25) is 0 Å². The first-order valence-electron chi connectivity index (χ1n) is 10.2. The predicted octanol–water partition coefficient (Wildman–Crippen LogP) is 3.61. The lowest BCUT2D eigenvalue weighted by Gasteiger charge is -2.20. The smallest absolute Gasteiger partial charge is 0.277 e. The fourth-order valence-electron chi connectivity index (χ4n) is 3.93. The zero-order valence-corrected chi connectivity index (χ0v) is 18.5. The number of hydrogen-bond donors (Lipinski definition) is 3. The number of benzene rings is 1. The summed E-state index contributed by atoms with van der Waals surface area (Å²) in [6.07, 6.45) is 3.40. The Morgan fingerprint density at radius 2 is 2.03 bits per heavy atom. The van der Waals surface area contributed by atoms with E-state index < -0.39 is 17.5 Å². The minimum Gasteiger partial charge on any atom is -0.389 e. The molecule has 0 spiro atoms. The Balaban J connectivity index is 1.60. The molecule has 170 valence electrons. The number of nitrogens with zero attached hydrogens (tertiary/aromatic N) is 3. The molecule has 0 radical (unpaired) electrons. The predicted molar refractivity (Wildman–Crippen MR) is 118 cm³/mol. The van der Waals surface area contributed by atoms with Crippen LogP contribution in [0.1, 0.15) is 48.5 Å². The number of carbonyl (C=O) groups is 1. The number of carbonyl (C=O) groups excluding carboxylic acids is 1. The second kappa shape index (κ2) is 8.93. The molecule has 0 saturated carbocycles. The Morgan fingerprint density at radius 3 is 2.75 bits per heavy atom. The SMILES string of the molecule is C[C@@H]1C[C@H](N)CC[C@H](c2c(NC(=O)c3nc(-c4c(F)cccc4F)sc3N)cnn2C)O1. The number of halogens is 2. The average Bonchev–Trinajstić information content (AvgIpc) is 3.22.